The Hall–Kier alpha value is -0.610. The van der Waals surface area contributed by atoms with Crippen LogP contribution >= 0.6 is 0 Å². The van der Waals surface area contributed by atoms with E-state index < -0.39 is 0 Å². The quantitative estimate of drug-likeness (QED) is 0.490. The molecular weight excluding hydrogens is 144 g/mol. The Morgan fingerprint density at radius 3 is 2.64 bits per heavy atom. The van der Waals surface area contributed by atoms with Gasteiger partial charge in [0.15, 0.2) is 0 Å². The highest BCUT2D eigenvalue weighted by Gasteiger charge is 2.13. The van der Waals surface area contributed by atoms with Gasteiger partial charge >= 0.3 is 0 Å². The van der Waals surface area contributed by atoms with Gasteiger partial charge in [0.05, 0.1) is 26.2 Å². The number of hydrogen-bond acceptors (Lipinski definition) is 2. The van der Waals surface area contributed by atoms with Gasteiger partial charge in [-0.25, -0.2) is 0 Å². The van der Waals surface area contributed by atoms with Gasteiger partial charge in [-0.2, -0.15) is 0 Å². The fourth-order valence-electron chi connectivity index (χ4n) is 1.21. The minimum absolute atomic E-state index is 0.205. The van der Waals surface area contributed by atoms with Crippen molar-refractivity contribution >= 4 is 5.91 Å². The molecule has 0 aromatic rings. The Labute approximate surface area is 66.3 Å². The highest BCUT2D eigenvalue weighted by Crippen LogP contribution is 1.76. The lowest BCUT2D eigenvalue weighted by molar-refractivity contribution is -0.907. The zero-order valence-electron chi connectivity index (χ0n) is 6.64. The Morgan fingerprint density at radius 2 is 2.09 bits per heavy atom. The molecule has 0 aromatic heterocycles. The van der Waals surface area contributed by atoms with Crippen LogP contribution < -0.4 is 10.6 Å². The maximum atomic E-state index is 10.4. The van der Waals surface area contributed by atoms with Gasteiger partial charge in [0.2, 0.25) is 5.91 Å². The second-order valence-electron chi connectivity index (χ2n) is 2.83. The highest BCUT2D eigenvalue weighted by molar-refractivity contribution is 5.73. The summed E-state index contributed by atoms with van der Waals surface area (Å²) in [7, 11) is 0. The van der Waals surface area contributed by atoms with Crippen LogP contribution in [0.1, 0.15) is 6.42 Å². The predicted octanol–water partition coefficient (Wildman–Crippen LogP) is -2.22. The lowest BCUT2D eigenvalue weighted by atomic mass is 10.3. The molecule has 11 heavy (non-hydrogen) atoms. The first-order chi connectivity index (χ1) is 5.29. The molecule has 1 rings (SSSR count). The number of amides is 1. The molecule has 1 aliphatic rings. The lowest BCUT2D eigenvalue weighted by Crippen LogP contribution is -3.14. The third-order valence-corrected chi connectivity index (χ3v) is 1.92. The van der Waals surface area contributed by atoms with Gasteiger partial charge in [-0.1, -0.05) is 0 Å². The van der Waals surface area contributed by atoms with E-state index in [0.29, 0.717) is 6.42 Å². The summed E-state index contributed by atoms with van der Waals surface area (Å²) in [6.45, 7) is 4.50. The summed E-state index contributed by atoms with van der Waals surface area (Å²) in [5.74, 6) is -0.205. The molecule has 0 radical (unpaired) electrons. The van der Waals surface area contributed by atoms with E-state index in [1.54, 1.807) is 0 Å². The van der Waals surface area contributed by atoms with Crippen molar-refractivity contribution in [1.29, 1.82) is 0 Å². The maximum absolute atomic E-state index is 10.4. The number of carbonyl (C=O) groups excluding carboxylic acids is 1. The number of hydrogen-bond donors (Lipinski definition) is 2. The summed E-state index contributed by atoms with van der Waals surface area (Å²) >= 11 is 0. The standard InChI is InChI=1S/C7H14N2O2/c8-7(10)1-2-9-3-5-11-6-4-9/h1-6H2,(H2,8,10)/p+1. The minimum atomic E-state index is -0.205. The van der Waals surface area contributed by atoms with E-state index in [0.717, 1.165) is 32.8 Å². The Balaban J connectivity index is 2.09. The van der Waals surface area contributed by atoms with Crippen LogP contribution in [0.5, 0.6) is 0 Å². The molecule has 1 amide bonds. The van der Waals surface area contributed by atoms with Crippen LogP contribution in [0.2, 0.25) is 0 Å². The second-order valence-corrected chi connectivity index (χ2v) is 2.83. The van der Waals surface area contributed by atoms with Crippen LogP contribution in [0.15, 0.2) is 0 Å². The van der Waals surface area contributed by atoms with Crippen molar-refractivity contribution in [1.82, 2.24) is 0 Å². The summed E-state index contributed by atoms with van der Waals surface area (Å²) in [4.78, 5) is 11.8. The number of nitrogens with two attached hydrogens (primary N) is 1. The smallest absolute Gasteiger partial charge is 0.223 e. The molecule has 1 heterocycles. The topological polar surface area (TPSA) is 56.8 Å². The first-order valence-corrected chi connectivity index (χ1v) is 3.98. The van der Waals surface area contributed by atoms with Crippen molar-refractivity contribution in [3.63, 3.8) is 0 Å². The van der Waals surface area contributed by atoms with Crippen molar-refractivity contribution in [3.8, 4) is 0 Å². The first-order valence-electron chi connectivity index (χ1n) is 3.98. The van der Waals surface area contributed by atoms with E-state index in [4.69, 9.17) is 10.5 Å². The number of rotatable bonds is 3. The molecule has 64 valence electrons. The molecule has 1 fully saturated rings. The van der Waals surface area contributed by atoms with Crippen LogP contribution in [0.3, 0.4) is 0 Å². The molecule has 1 saturated heterocycles. The molecule has 0 spiro atoms. The third-order valence-electron chi connectivity index (χ3n) is 1.92. The van der Waals surface area contributed by atoms with E-state index in [1.807, 2.05) is 0 Å². The zero-order valence-corrected chi connectivity index (χ0v) is 6.64. The van der Waals surface area contributed by atoms with Crippen LogP contribution in [-0.2, 0) is 9.53 Å². The van der Waals surface area contributed by atoms with Crippen LogP contribution in [0.25, 0.3) is 0 Å². The molecule has 0 saturated carbocycles. The number of ether oxygens (including phenoxy) is 1. The van der Waals surface area contributed by atoms with Crippen molar-refractivity contribution < 1.29 is 14.4 Å². The van der Waals surface area contributed by atoms with E-state index >= 15 is 0 Å². The van der Waals surface area contributed by atoms with Crippen LogP contribution in [0.4, 0.5) is 0 Å². The predicted molar refractivity (Wildman–Crippen MR) is 40.2 cm³/mol. The Kier molecular flexibility index (Phi) is 3.32. The maximum Gasteiger partial charge on any atom is 0.223 e. The fraction of sp³-hybridized carbons (Fsp3) is 0.857. The number of nitrogens with one attached hydrogen (secondary N) is 1. The van der Waals surface area contributed by atoms with Crippen LogP contribution in [0, 0.1) is 0 Å². The molecule has 1 aliphatic heterocycles. The van der Waals surface area contributed by atoms with Gasteiger partial charge in [0, 0.05) is 0 Å². The largest absolute Gasteiger partial charge is 0.370 e. The van der Waals surface area contributed by atoms with Crippen molar-refractivity contribution in [2.24, 2.45) is 5.73 Å². The molecule has 0 unspecified atom stereocenters. The SMILES string of the molecule is NC(=O)CC[NH+]1CCOCC1. The molecular formula is C7H15N2O2+. The number of carbonyl (C=O) groups is 1. The van der Waals surface area contributed by atoms with Crippen molar-refractivity contribution in [2.75, 3.05) is 32.8 Å². The molecule has 4 nitrogen and oxygen atoms in total. The lowest BCUT2D eigenvalue weighted by Gasteiger charge is -2.22. The number of morpholine rings is 1. The van der Waals surface area contributed by atoms with Gasteiger partial charge < -0.3 is 15.4 Å². The van der Waals surface area contributed by atoms with Gasteiger partial charge in [-0.15, -0.1) is 0 Å². The summed E-state index contributed by atoms with van der Waals surface area (Å²) in [5.41, 5.74) is 5.03. The van der Waals surface area contributed by atoms with E-state index in [9.17, 15) is 4.79 Å². The van der Waals surface area contributed by atoms with Gasteiger partial charge in [-0.05, 0) is 0 Å². The number of primary amides is 1. The van der Waals surface area contributed by atoms with E-state index in [2.05, 4.69) is 0 Å². The molecule has 0 aliphatic carbocycles. The van der Waals surface area contributed by atoms with Gasteiger partial charge in [0.1, 0.15) is 13.1 Å². The fourth-order valence-corrected chi connectivity index (χ4v) is 1.21. The highest BCUT2D eigenvalue weighted by atomic mass is 16.5. The summed E-state index contributed by atoms with van der Waals surface area (Å²) < 4.78 is 5.17. The normalized spacial score (nSPS) is 20.0. The summed E-state index contributed by atoms with van der Waals surface area (Å²) in [6, 6.07) is 0. The molecule has 0 bridgehead atoms. The first kappa shape index (κ1) is 8.49. The summed E-state index contributed by atoms with van der Waals surface area (Å²) in [5, 5.41) is 0. The third kappa shape index (κ3) is 3.34. The van der Waals surface area contributed by atoms with Crippen molar-refractivity contribution in [3.05, 3.63) is 0 Å². The number of quaternary nitrogens is 1. The zero-order chi connectivity index (χ0) is 8.10. The minimum Gasteiger partial charge on any atom is -0.370 e. The average Bonchev–Trinajstić information content (AvgIpc) is 2.03. The summed E-state index contributed by atoms with van der Waals surface area (Å²) in [6.07, 6.45) is 0.495. The monoisotopic (exact) mass is 159 g/mol. The second kappa shape index (κ2) is 4.31. The van der Waals surface area contributed by atoms with E-state index in [-0.39, 0.29) is 5.91 Å². The van der Waals surface area contributed by atoms with E-state index in [1.165, 1.54) is 4.90 Å². The molecule has 0 aromatic carbocycles. The molecule has 4 heteroatoms. The molecule has 3 N–H and O–H groups in total. The van der Waals surface area contributed by atoms with Crippen LogP contribution in [-0.4, -0.2) is 38.8 Å². The average molecular weight is 159 g/mol. The Bertz CT molecular complexity index is 132. The Morgan fingerprint density at radius 1 is 1.45 bits per heavy atom. The van der Waals surface area contributed by atoms with Gasteiger partial charge in [0.25, 0.3) is 0 Å². The molecule has 0 atom stereocenters. The van der Waals surface area contributed by atoms with Gasteiger partial charge in [-0.3, -0.25) is 4.79 Å². The van der Waals surface area contributed by atoms with Crippen molar-refractivity contribution in [2.45, 2.75) is 6.42 Å².